The molecule has 0 saturated carbocycles. The number of hydrogen-bond donors (Lipinski definition) is 0. The maximum absolute atomic E-state index is 6.35. The summed E-state index contributed by atoms with van der Waals surface area (Å²) in [5.41, 5.74) is 2.61. The van der Waals surface area contributed by atoms with Crippen molar-refractivity contribution in [3.8, 4) is 0 Å². The van der Waals surface area contributed by atoms with E-state index in [1.54, 1.807) is 11.8 Å². The van der Waals surface area contributed by atoms with Gasteiger partial charge in [-0.25, -0.2) is 0 Å². The predicted molar refractivity (Wildman–Crippen MR) is 92.5 cm³/mol. The summed E-state index contributed by atoms with van der Waals surface area (Å²) in [4.78, 5) is 2.51. The second-order valence-corrected chi connectivity index (χ2v) is 7.68. The Hall–Kier alpha value is -0.510. The maximum atomic E-state index is 6.35. The number of benzene rings is 1. The van der Waals surface area contributed by atoms with Crippen LogP contribution in [0.3, 0.4) is 0 Å². The lowest BCUT2D eigenvalue weighted by molar-refractivity contribution is 0.276. The van der Waals surface area contributed by atoms with Crippen LogP contribution in [-0.2, 0) is 0 Å². The number of halogens is 1. The summed E-state index contributed by atoms with van der Waals surface area (Å²) in [5.74, 6) is 0. The van der Waals surface area contributed by atoms with Crippen LogP contribution in [0.15, 0.2) is 36.0 Å². The van der Waals surface area contributed by atoms with Crippen LogP contribution in [0.4, 0.5) is 0 Å². The molecule has 0 N–H and O–H groups in total. The van der Waals surface area contributed by atoms with Crippen LogP contribution in [0.5, 0.6) is 0 Å². The maximum Gasteiger partial charge on any atom is 0.0729 e. The lowest BCUT2D eigenvalue weighted by atomic mass is 10.0. The van der Waals surface area contributed by atoms with Gasteiger partial charge in [0, 0.05) is 35.5 Å². The van der Waals surface area contributed by atoms with Crippen molar-refractivity contribution >= 4 is 39.8 Å². The molecule has 106 valence electrons. The molecule has 0 amide bonds. The number of thioether (sulfide) groups is 1. The number of allylic oxidation sites excluding steroid dienone is 1. The third-order valence-electron chi connectivity index (χ3n) is 3.95. The third-order valence-corrected chi connectivity index (χ3v) is 5.76. The van der Waals surface area contributed by atoms with E-state index in [1.807, 2.05) is 12.1 Å². The van der Waals surface area contributed by atoms with Crippen molar-refractivity contribution in [2.45, 2.75) is 30.9 Å². The Morgan fingerprint density at radius 2 is 1.90 bits per heavy atom. The van der Waals surface area contributed by atoms with E-state index in [0.29, 0.717) is 5.25 Å². The molecule has 20 heavy (non-hydrogen) atoms. The molecule has 1 aromatic rings. The highest BCUT2D eigenvalue weighted by Crippen LogP contribution is 2.43. The molecule has 1 aromatic carbocycles. The Morgan fingerprint density at radius 3 is 2.65 bits per heavy atom. The minimum absolute atomic E-state index is 0.359. The van der Waals surface area contributed by atoms with E-state index < -0.39 is 0 Å². The van der Waals surface area contributed by atoms with Crippen molar-refractivity contribution in [2.24, 2.45) is 0 Å². The number of likely N-dealkylation sites (tertiary alicyclic amines) is 1. The quantitative estimate of drug-likeness (QED) is 0.687. The van der Waals surface area contributed by atoms with E-state index in [2.05, 4.69) is 23.1 Å². The van der Waals surface area contributed by atoms with E-state index in [0.717, 1.165) is 15.6 Å². The van der Waals surface area contributed by atoms with Gasteiger partial charge >= 0.3 is 0 Å². The van der Waals surface area contributed by atoms with Gasteiger partial charge in [0.1, 0.15) is 0 Å². The summed E-state index contributed by atoms with van der Waals surface area (Å²) in [6, 6.07) is 8.14. The standard InChI is InChI=1S/C16H18ClNS2/c17-14-7-3-2-6-13(14)15-10-12(11-16(19)20-15)18-8-4-1-5-9-18/h2-3,6-7,11,15H,1,4-5,8-10H2. The van der Waals surface area contributed by atoms with Crippen molar-refractivity contribution < 1.29 is 0 Å². The van der Waals surface area contributed by atoms with Gasteiger partial charge in [0.15, 0.2) is 0 Å². The molecule has 2 aliphatic rings. The number of nitrogens with zero attached hydrogens (tertiary/aromatic N) is 1. The Kier molecular flexibility index (Phi) is 4.69. The van der Waals surface area contributed by atoms with Gasteiger partial charge < -0.3 is 4.90 Å². The number of thiocarbonyl (C=S) groups is 1. The van der Waals surface area contributed by atoms with E-state index in [-0.39, 0.29) is 0 Å². The first-order valence-corrected chi connectivity index (χ1v) is 8.81. The highest BCUT2D eigenvalue weighted by atomic mass is 35.5. The molecule has 2 heterocycles. The SMILES string of the molecule is S=C1C=C(N2CCCCC2)CC(c2ccccc2Cl)S1. The molecule has 0 spiro atoms. The number of piperidine rings is 1. The summed E-state index contributed by atoms with van der Waals surface area (Å²) < 4.78 is 0.988. The van der Waals surface area contributed by atoms with Crippen LogP contribution >= 0.6 is 35.6 Å². The highest BCUT2D eigenvalue weighted by molar-refractivity contribution is 8.23. The fraction of sp³-hybridized carbons (Fsp3) is 0.438. The Balaban J connectivity index is 1.81. The molecule has 3 rings (SSSR count). The van der Waals surface area contributed by atoms with E-state index >= 15 is 0 Å². The van der Waals surface area contributed by atoms with Crippen LogP contribution in [-0.4, -0.2) is 22.2 Å². The zero-order chi connectivity index (χ0) is 13.9. The van der Waals surface area contributed by atoms with Gasteiger partial charge in [-0.05, 0) is 37.0 Å². The van der Waals surface area contributed by atoms with Gasteiger partial charge in [-0.15, -0.1) is 11.8 Å². The summed E-state index contributed by atoms with van der Waals surface area (Å²) in [6.07, 6.45) is 7.19. The minimum atomic E-state index is 0.359. The van der Waals surface area contributed by atoms with Crippen LogP contribution in [0, 0.1) is 0 Å². The molecule has 1 unspecified atom stereocenters. The van der Waals surface area contributed by atoms with Crippen LogP contribution in [0.2, 0.25) is 5.02 Å². The number of hydrogen-bond acceptors (Lipinski definition) is 3. The molecule has 0 bridgehead atoms. The Labute approximate surface area is 135 Å². The summed E-state index contributed by atoms with van der Waals surface area (Å²) >= 11 is 13.6. The average Bonchev–Trinajstić information content (AvgIpc) is 2.48. The third kappa shape index (κ3) is 3.21. The molecule has 1 saturated heterocycles. The van der Waals surface area contributed by atoms with Crippen molar-refractivity contribution in [1.29, 1.82) is 0 Å². The second kappa shape index (κ2) is 6.50. The van der Waals surface area contributed by atoms with E-state index in [9.17, 15) is 0 Å². The first kappa shape index (κ1) is 14.4. The van der Waals surface area contributed by atoms with E-state index in [1.165, 1.54) is 43.6 Å². The topological polar surface area (TPSA) is 3.24 Å². The normalized spacial score (nSPS) is 23.6. The molecule has 1 nitrogen and oxygen atoms in total. The molecular formula is C16H18ClNS2. The summed E-state index contributed by atoms with van der Waals surface area (Å²) in [7, 11) is 0. The average molecular weight is 324 g/mol. The van der Waals surface area contributed by atoms with Gasteiger partial charge in [-0.1, -0.05) is 42.0 Å². The largest absolute Gasteiger partial charge is 0.375 e. The van der Waals surface area contributed by atoms with Crippen molar-refractivity contribution in [3.05, 3.63) is 46.6 Å². The Morgan fingerprint density at radius 1 is 1.15 bits per heavy atom. The van der Waals surface area contributed by atoms with Crippen LogP contribution in [0.25, 0.3) is 0 Å². The zero-order valence-corrected chi connectivity index (χ0v) is 13.7. The summed E-state index contributed by atoms with van der Waals surface area (Å²) in [5, 5.41) is 1.21. The van der Waals surface area contributed by atoms with Gasteiger partial charge in [-0.2, -0.15) is 0 Å². The van der Waals surface area contributed by atoms with Crippen LogP contribution < -0.4 is 0 Å². The Bertz CT molecular complexity index is 535. The van der Waals surface area contributed by atoms with Gasteiger partial charge in [0.25, 0.3) is 0 Å². The van der Waals surface area contributed by atoms with Gasteiger partial charge in [0.2, 0.25) is 0 Å². The fourth-order valence-corrected chi connectivity index (χ4v) is 4.80. The van der Waals surface area contributed by atoms with Crippen molar-refractivity contribution in [2.75, 3.05) is 13.1 Å². The van der Waals surface area contributed by atoms with Gasteiger partial charge in [0.05, 0.1) is 4.20 Å². The minimum Gasteiger partial charge on any atom is -0.375 e. The zero-order valence-electron chi connectivity index (χ0n) is 11.3. The molecular weight excluding hydrogens is 306 g/mol. The smallest absolute Gasteiger partial charge is 0.0729 e. The highest BCUT2D eigenvalue weighted by Gasteiger charge is 2.26. The molecule has 1 atom stereocenters. The summed E-state index contributed by atoms with van der Waals surface area (Å²) in [6.45, 7) is 2.35. The van der Waals surface area contributed by atoms with Crippen LogP contribution in [0.1, 0.15) is 36.5 Å². The van der Waals surface area contributed by atoms with E-state index in [4.69, 9.17) is 23.8 Å². The second-order valence-electron chi connectivity index (χ2n) is 5.33. The monoisotopic (exact) mass is 323 g/mol. The predicted octanol–water partition coefficient (Wildman–Crippen LogP) is 5.22. The molecule has 1 fully saturated rings. The first-order chi connectivity index (χ1) is 9.74. The molecule has 4 heteroatoms. The molecule has 0 aromatic heterocycles. The van der Waals surface area contributed by atoms with Crippen molar-refractivity contribution in [1.82, 2.24) is 4.90 Å². The first-order valence-electron chi connectivity index (χ1n) is 7.14. The molecule has 2 aliphatic heterocycles. The molecule has 0 aliphatic carbocycles. The van der Waals surface area contributed by atoms with Gasteiger partial charge in [-0.3, -0.25) is 0 Å². The lowest BCUT2D eigenvalue weighted by Gasteiger charge is -2.35. The molecule has 0 radical (unpaired) electrons. The van der Waals surface area contributed by atoms with Crippen molar-refractivity contribution in [3.63, 3.8) is 0 Å². The number of rotatable bonds is 2. The lowest BCUT2D eigenvalue weighted by Crippen LogP contribution is -2.31. The fourth-order valence-electron chi connectivity index (χ4n) is 2.91.